The molecular formula is C15H16N4O3S2. The Hall–Kier alpha value is -2.13. The topological polar surface area (TPSA) is 93.2 Å². The van der Waals surface area contributed by atoms with E-state index in [2.05, 4.69) is 20.8 Å². The highest BCUT2D eigenvalue weighted by Gasteiger charge is 2.30. The smallest absolute Gasteiger partial charge is 0.234 e. The van der Waals surface area contributed by atoms with E-state index in [4.69, 9.17) is 4.74 Å². The molecule has 1 aromatic heterocycles. The molecule has 1 fully saturated rings. The highest BCUT2D eigenvalue weighted by atomic mass is 32.2. The Kier molecular flexibility index (Phi) is 5.31. The highest BCUT2D eigenvalue weighted by molar-refractivity contribution is 8.01. The van der Waals surface area contributed by atoms with Crippen LogP contribution in [0.25, 0.3) is 0 Å². The molecule has 7 nitrogen and oxygen atoms in total. The quantitative estimate of drug-likeness (QED) is 0.579. The van der Waals surface area contributed by atoms with Gasteiger partial charge < -0.3 is 15.4 Å². The second kappa shape index (κ2) is 7.63. The van der Waals surface area contributed by atoms with Crippen LogP contribution in [0.2, 0.25) is 0 Å². The lowest BCUT2D eigenvalue weighted by atomic mass is 10.3. The number of anilines is 2. The van der Waals surface area contributed by atoms with Crippen LogP contribution >= 0.6 is 23.1 Å². The number of carbonyl (C=O) groups excluding carboxylic acids is 2. The Morgan fingerprint density at radius 2 is 2.00 bits per heavy atom. The third-order valence-corrected chi connectivity index (χ3v) is 5.26. The molecule has 0 radical (unpaired) electrons. The van der Waals surface area contributed by atoms with Crippen LogP contribution in [-0.2, 0) is 9.59 Å². The molecule has 0 atom stereocenters. The summed E-state index contributed by atoms with van der Waals surface area (Å²) >= 11 is 2.56. The second-order valence-corrected chi connectivity index (χ2v) is 7.40. The fourth-order valence-corrected chi connectivity index (χ4v) is 3.43. The minimum atomic E-state index is -0.135. The van der Waals surface area contributed by atoms with Crippen LogP contribution in [0.4, 0.5) is 10.8 Å². The number of benzene rings is 1. The van der Waals surface area contributed by atoms with Crippen LogP contribution < -0.4 is 15.4 Å². The Labute approximate surface area is 147 Å². The van der Waals surface area contributed by atoms with Gasteiger partial charge in [0.05, 0.1) is 12.9 Å². The zero-order valence-electron chi connectivity index (χ0n) is 12.9. The molecule has 1 saturated carbocycles. The largest absolute Gasteiger partial charge is 0.497 e. The number of rotatable bonds is 7. The fourth-order valence-electron chi connectivity index (χ4n) is 1.87. The molecular weight excluding hydrogens is 348 g/mol. The van der Waals surface area contributed by atoms with Crippen LogP contribution in [0.1, 0.15) is 12.8 Å². The lowest BCUT2D eigenvalue weighted by molar-refractivity contribution is -0.117. The molecule has 3 rings (SSSR count). The van der Waals surface area contributed by atoms with Crippen molar-refractivity contribution in [3.05, 3.63) is 24.3 Å². The molecule has 1 heterocycles. The maximum absolute atomic E-state index is 11.9. The van der Waals surface area contributed by atoms with Crippen LogP contribution in [0.3, 0.4) is 0 Å². The van der Waals surface area contributed by atoms with Gasteiger partial charge in [0.1, 0.15) is 5.75 Å². The third-order valence-electron chi connectivity index (χ3n) is 3.29. The van der Waals surface area contributed by atoms with E-state index in [1.807, 2.05) is 0 Å². The lowest BCUT2D eigenvalue weighted by Gasteiger charge is -2.05. The molecule has 0 aliphatic heterocycles. The van der Waals surface area contributed by atoms with Gasteiger partial charge in [0, 0.05) is 11.6 Å². The molecule has 0 saturated heterocycles. The average molecular weight is 364 g/mol. The normalized spacial score (nSPS) is 13.4. The lowest BCUT2D eigenvalue weighted by Crippen LogP contribution is -2.13. The van der Waals surface area contributed by atoms with Gasteiger partial charge in [-0.2, -0.15) is 0 Å². The predicted molar refractivity (Wildman–Crippen MR) is 93.6 cm³/mol. The van der Waals surface area contributed by atoms with Gasteiger partial charge in [0.15, 0.2) is 4.34 Å². The predicted octanol–water partition coefficient (Wildman–Crippen LogP) is 2.63. The van der Waals surface area contributed by atoms with Crippen LogP contribution in [0.5, 0.6) is 5.75 Å². The van der Waals surface area contributed by atoms with Crippen LogP contribution in [-0.4, -0.2) is 34.9 Å². The molecule has 2 aromatic rings. The van der Waals surface area contributed by atoms with Crippen molar-refractivity contribution in [2.24, 2.45) is 5.92 Å². The summed E-state index contributed by atoms with van der Waals surface area (Å²) < 4.78 is 5.71. The number of aromatic nitrogens is 2. The van der Waals surface area contributed by atoms with Crippen molar-refractivity contribution < 1.29 is 14.3 Å². The highest BCUT2D eigenvalue weighted by Crippen LogP contribution is 2.31. The summed E-state index contributed by atoms with van der Waals surface area (Å²) in [6.07, 6.45) is 1.88. The molecule has 0 unspecified atom stereocenters. The number of methoxy groups -OCH3 is 1. The molecule has 2 N–H and O–H groups in total. The molecule has 1 aliphatic carbocycles. The number of carbonyl (C=O) groups is 2. The summed E-state index contributed by atoms with van der Waals surface area (Å²) in [5, 5.41) is 13.9. The van der Waals surface area contributed by atoms with Crippen LogP contribution in [0, 0.1) is 5.92 Å². The molecule has 1 aliphatic rings. The number of amides is 2. The SMILES string of the molecule is COc1ccc(NC(=O)CSc2nnc(NC(=O)C3CC3)s2)cc1. The van der Waals surface area contributed by atoms with Crippen molar-refractivity contribution in [2.45, 2.75) is 17.2 Å². The van der Waals surface area contributed by atoms with Gasteiger partial charge in [-0.05, 0) is 37.1 Å². The number of hydrogen-bond acceptors (Lipinski definition) is 7. The Bertz CT molecular complexity index is 729. The molecule has 9 heteroatoms. The number of hydrogen-bond donors (Lipinski definition) is 2. The summed E-state index contributed by atoms with van der Waals surface area (Å²) in [5.74, 6) is 0.943. The molecule has 0 bridgehead atoms. The number of nitrogens with one attached hydrogen (secondary N) is 2. The van der Waals surface area contributed by atoms with E-state index in [-0.39, 0.29) is 23.5 Å². The second-order valence-electron chi connectivity index (χ2n) is 5.20. The molecule has 126 valence electrons. The van der Waals surface area contributed by atoms with Crippen molar-refractivity contribution >= 4 is 45.7 Å². The first-order valence-electron chi connectivity index (χ1n) is 7.35. The maximum Gasteiger partial charge on any atom is 0.234 e. The van der Waals surface area contributed by atoms with E-state index in [9.17, 15) is 9.59 Å². The molecule has 24 heavy (non-hydrogen) atoms. The third kappa shape index (κ3) is 4.68. The Morgan fingerprint density at radius 3 is 2.67 bits per heavy atom. The summed E-state index contributed by atoms with van der Waals surface area (Å²) in [6.45, 7) is 0. The Morgan fingerprint density at radius 1 is 1.25 bits per heavy atom. The van der Waals surface area contributed by atoms with E-state index in [1.54, 1.807) is 31.4 Å². The summed E-state index contributed by atoms with van der Waals surface area (Å²) in [6, 6.07) is 7.11. The summed E-state index contributed by atoms with van der Waals surface area (Å²) in [5.41, 5.74) is 0.705. The van der Waals surface area contributed by atoms with E-state index >= 15 is 0 Å². The van der Waals surface area contributed by atoms with E-state index in [0.29, 0.717) is 15.2 Å². The fraction of sp³-hybridized carbons (Fsp3) is 0.333. The average Bonchev–Trinajstić information content (AvgIpc) is 3.35. The van der Waals surface area contributed by atoms with Crippen molar-refractivity contribution in [3.8, 4) is 5.75 Å². The first-order valence-corrected chi connectivity index (χ1v) is 9.15. The van der Waals surface area contributed by atoms with Crippen molar-refractivity contribution in [2.75, 3.05) is 23.5 Å². The van der Waals surface area contributed by atoms with Gasteiger partial charge in [0.25, 0.3) is 0 Å². The van der Waals surface area contributed by atoms with E-state index in [0.717, 1.165) is 18.6 Å². The van der Waals surface area contributed by atoms with Crippen LogP contribution in [0.15, 0.2) is 28.6 Å². The van der Waals surface area contributed by atoms with E-state index < -0.39 is 0 Å². The van der Waals surface area contributed by atoms with Gasteiger partial charge >= 0.3 is 0 Å². The van der Waals surface area contributed by atoms with Crippen molar-refractivity contribution in [1.82, 2.24) is 10.2 Å². The minimum absolute atomic E-state index is 0.0000474. The first-order chi connectivity index (χ1) is 11.6. The van der Waals surface area contributed by atoms with Crippen molar-refractivity contribution in [3.63, 3.8) is 0 Å². The summed E-state index contributed by atoms with van der Waals surface area (Å²) in [4.78, 5) is 23.6. The first kappa shape index (κ1) is 16.7. The zero-order valence-corrected chi connectivity index (χ0v) is 14.6. The Balaban J connectivity index is 1.45. The van der Waals surface area contributed by atoms with Gasteiger partial charge in [-0.3, -0.25) is 9.59 Å². The molecule has 1 aromatic carbocycles. The monoisotopic (exact) mass is 364 g/mol. The maximum atomic E-state index is 11.9. The number of nitrogens with zero attached hydrogens (tertiary/aromatic N) is 2. The van der Waals surface area contributed by atoms with Gasteiger partial charge in [0.2, 0.25) is 16.9 Å². The van der Waals surface area contributed by atoms with Gasteiger partial charge in [-0.1, -0.05) is 23.1 Å². The zero-order chi connectivity index (χ0) is 16.9. The molecule has 0 spiro atoms. The van der Waals surface area contributed by atoms with E-state index in [1.165, 1.54) is 23.1 Å². The van der Waals surface area contributed by atoms with Gasteiger partial charge in [-0.25, -0.2) is 0 Å². The number of ether oxygens (including phenoxy) is 1. The summed E-state index contributed by atoms with van der Waals surface area (Å²) in [7, 11) is 1.59. The molecule has 2 amide bonds. The van der Waals surface area contributed by atoms with Gasteiger partial charge in [-0.15, -0.1) is 10.2 Å². The minimum Gasteiger partial charge on any atom is -0.497 e. The standard InChI is InChI=1S/C15H16N4O3S2/c1-22-11-6-4-10(5-7-11)16-12(20)8-23-15-19-18-14(24-15)17-13(21)9-2-3-9/h4-7,9H,2-3,8H2,1H3,(H,16,20)(H,17,18,21). The van der Waals surface area contributed by atoms with Crippen molar-refractivity contribution in [1.29, 1.82) is 0 Å². The number of thioether (sulfide) groups is 1.